The van der Waals surface area contributed by atoms with E-state index in [9.17, 15) is 4.79 Å². The molecule has 0 aliphatic carbocycles. The molecule has 7 heteroatoms. The van der Waals surface area contributed by atoms with Gasteiger partial charge in [0.05, 0.1) is 12.2 Å². The number of methoxy groups -OCH3 is 2. The van der Waals surface area contributed by atoms with Crippen molar-refractivity contribution in [1.82, 2.24) is 10.2 Å². The van der Waals surface area contributed by atoms with E-state index in [2.05, 4.69) is 5.32 Å². The van der Waals surface area contributed by atoms with Gasteiger partial charge >= 0.3 is 6.09 Å². The van der Waals surface area contributed by atoms with Crippen LogP contribution in [0.2, 0.25) is 0 Å². The number of likely N-dealkylation sites (tertiary alicyclic amines) is 1. The van der Waals surface area contributed by atoms with Crippen LogP contribution in [0.4, 0.5) is 4.79 Å². The second-order valence-electron chi connectivity index (χ2n) is 7.09. The molecule has 144 valence electrons. The highest BCUT2D eigenvalue weighted by Crippen LogP contribution is 2.16. The minimum atomic E-state index is -0.408. The Morgan fingerprint density at radius 2 is 1.42 bits per heavy atom. The van der Waals surface area contributed by atoms with Crippen LogP contribution in [0.25, 0.3) is 0 Å². The van der Waals surface area contributed by atoms with Gasteiger partial charge in [0.1, 0.15) is 5.60 Å². The lowest BCUT2D eigenvalue weighted by molar-refractivity contribution is 0.00173. The predicted molar refractivity (Wildman–Crippen MR) is 98.0 cm³/mol. The first-order valence-corrected chi connectivity index (χ1v) is 8.60. The summed E-state index contributed by atoms with van der Waals surface area (Å²) in [5.74, 6) is 0. The molecule has 6 nitrogen and oxygen atoms in total. The summed E-state index contributed by atoms with van der Waals surface area (Å²) in [7, 11) is 3.50. The first kappa shape index (κ1) is 23.4. The molecule has 0 bridgehead atoms. The van der Waals surface area contributed by atoms with Gasteiger partial charge < -0.3 is 24.4 Å². The lowest BCUT2D eigenvalue weighted by Crippen LogP contribution is -2.43. The molecular formula is C17H35ClN2O4. The van der Waals surface area contributed by atoms with Crippen LogP contribution in [-0.2, 0) is 14.2 Å². The van der Waals surface area contributed by atoms with Crippen molar-refractivity contribution in [2.24, 2.45) is 0 Å². The largest absolute Gasteiger partial charge is 0.444 e. The Balaban J connectivity index is 0.000000498. The van der Waals surface area contributed by atoms with Crippen molar-refractivity contribution in [3.05, 3.63) is 0 Å². The van der Waals surface area contributed by atoms with Crippen LogP contribution in [0.1, 0.15) is 46.5 Å². The van der Waals surface area contributed by atoms with Gasteiger partial charge in [-0.25, -0.2) is 4.79 Å². The molecule has 0 saturated carbocycles. The molecule has 0 aromatic carbocycles. The molecule has 0 unspecified atom stereocenters. The summed E-state index contributed by atoms with van der Waals surface area (Å²) in [6.45, 7) is 9.35. The van der Waals surface area contributed by atoms with Crippen LogP contribution in [0.3, 0.4) is 0 Å². The molecule has 1 N–H and O–H groups in total. The highest BCUT2D eigenvalue weighted by Gasteiger charge is 2.26. The van der Waals surface area contributed by atoms with Crippen molar-refractivity contribution in [3.63, 3.8) is 0 Å². The summed E-state index contributed by atoms with van der Waals surface area (Å²) >= 11 is 0. The molecular weight excluding hydrogens is 332 g/mol. The van der Waals surface area contributed by atoms with Gasteiger partial charge in [-0.3, -0.25) is 0 Å². The Kier molecular flexibility index (Phi) is 11.6. The first-order valence-electron chi connectivity index (χ1n) is 8.60. The number of carbonyl (C=O) groups is 1. The smallest absolute Gasteiger partial charge is 0.410 e. The molecule has 0 radical (unpaired) electrons. The van der Waals surface area contributed by atoms with Gasteiger partial charge in [0.2, 0.25) is 0 Å². The number of piperidine rings is 2. The summed E-state index contributed by atoms with van der Waals surface area (Å²) in [5.41, 5.74) is -0.408. The third-order valence-electron chi connectivity index (χ3n) is 4.05. The summed E-state index contributed by atoms with van der Waals surface area (Å²) in [5, 5.41) is 3.27. The minimum Gasteiger partial charge on any atom is -0.444 e. The van der Waals surface area contributed by atoms with Gasteiger partial charge in [-0.2, -0.15) is 0 Å². The number of nitrogens with zero attached hydrogens (tertiary/aromatic N) is 1. The summed E-state index contributed by atoms with van der Waals surface area (Å²) in [6, 6.07) is 0. The van der Waals surface area contributed by atoms with E-state index in [1.807, 2.05) is 20.8 Å². The second kappa shape index (κ2) is 11.9. The van der Waals surface area contributed by atoms with Gasteiger partial charge in [-0.1, -0.05) is 0 Å². The molecule has 2 aliphatic heterocycles. The van der Waals surface area contributed by atoms with Crippen LogP contribution in [0.15, 0.2) is 0 Å². The molecule has 1 amide bonds. The Labute approximate surface area is 153 Å². The fraction of sp³-hybridized carbons (Fsp3) is 0.941. The second-order valence-corrected chi connectivity index (χ2v) is 7.09. The molecule has 0 atom stereocenters. The van der Waals surface area contributed by atoms with E-state index in [1.54, 1.807) is 19.1 Å². The number of nitrogens with one attached hydrogen (secondary N) is 1. The maximum absolute atomic E-state index is 11.7. The zero-order valence-corrected chi connectivity index (χ0v) is 16.6. The lowest BCUT2D eigenvalue weighted by Gasteiger charge is -2.32. The highest BCUT2D eigenvalue weighted by molar-refractivity contribution is 5.85. The number of hydrogen-bond donors (Lipinski definition) is 1. The SMILES string of the molecule is COC1CCN(C(=O)OC(C)(C)C)CC1.COC1CCNCC1.Cl. The van der Waals surface area contributed by atoms with E-state index in [1.165, 1.54) is 12.8 Å². The molecule has 2 rings (SSSR count). The Hall–Kier alpha value is -0.560. The topological polar surface area (TPSA) is 60.0 Å². The fourth-order valence-corrected chi connectivity index (χ4v) is 2.63. The fourth-order valence-electron chi connectivity index (χ4n) is 2.63. The summed E-state index contributed by atoms with van der Waals surface area (Å²) in [6.07, 6.45) is 4.76. The summed E-state index contributed by atoms with van der Waals surface area (Å²) in [4.78, 5) is 13.4. The highest BCUT2D eigenvalue weighted by atomic mass is 35.5. The van der Waals surface area contributed by atoms with Crippen molar-refractivity contribution >= 4 is 18.5 Å². The molecule has 2 aliphatic rings. The van der Waals surface area contributed by atoms with Gasteiger partial charge in [-0.05, 0) is 59.5 Å². The molecule has 2 heterocycles. The molecule has 0 aromatic rings. The number of hydrogen-bond acceptors (Lipinski definition) is 5. The molecule has 2 fully saturated rings. The van der Waals surface area contributed by atoms with Crippen molar-refractivity contribution in [1.29, 1.82) is 0 Å². The van der Waals surface area contributed by atoms with E-state index in [0.717, 1.165) is 39.0 Å². The van der Waals surface area contributed by atoms with E-state index >= 15 is 0 Å². The van der Waals surface area contributed by atoms with E-state index < -0.39 is 5.60 Å². The van der Waals surface area contributed by atoms with Crippen LogP contribution < -0.4 is 5.32 Å². The zero-order chi connectivity index (χ0) is 17.3. The Bertz CT molecular complexity index is 336. The first-order chi connectivity index (χ1) is 10.9. The quantitative estimate of drug-likeness (QED) is 0.814. The average molecular weight is 367 g/mol. The minimum absolute atomic E-state index is 0. The lowest BCUT2D eigenvalue weighted by atomic mass is 10.1. The van der Waals surface area contributed by atoms with E-state index in [-0.39, 0.29) is 18.5 Å². The van der Waals surface area contributed by atoms with Gasteiger partial charge in [-0.15, -0.1) is 12.4 Å². The number of carbonyl (C=O) groups excluding carboxylic acids is 1. The number of amides is 1. The maximum atomic E-state index is 11.7. The van der Waals surface area contributed by atoms with Crippen molar-refractivity contribution < 1.29 is 19.0 Å². The molecule has 0 spiro atoms. The monoisotopic (exact) mass is 366 g/mol. The number of rotatable bonds is 2. The van der Waals surface area contributed by atoms with Gasteiger partial charge in [0.15, 0.2) is 0 Å². The molecule has 24 heavy (non-hydrogen) atoms. The van der Waals surface area contributed by atoms with Gasteiger partial charge in [0.25, 0.3) is 0 Å². The maximum Gasteiger partial charge on any atom is 0.410 e. The van der Waals surface area contributed by atoms with Crippen LogP contribution in [-0.4, -0.2) is 69.2 Å². The Morgan fingerprint density at radius 1 is 0.958 bits per heavy atom. The summed E-state index contributed by atoms with van der Waals surface area (Å²) < 4.78 is 15.7. The van der Waals surface area contributed by atoms with Gasteiger partial charge in [0, 0.05) is 27.3 Å². The predicted octanol–water partition coefficient (Wildman–Crippen LogP) is 2.84. The van der Waals surface area contributed by atoms with Crippen LogP contribution >= 0.6 is 12.4 Å². The van der Waals surface area contributed by atoms with Crippen molar-refractivity contribution in [2.45, 2.75) is 64.3 Å². The standard InChI is InChI=1S/C11H21NO3.C6H13NO.ClH/c1-11(2,3)15-10(13)12-7-5-9(14-4)6-8-12;1-8-6-2-4-7-5-3-6;/h9H,5-8H2,1-4H3;6-7H,2-5H2,1H3;1H. The van der Waals surface area contributed by atoms with E-state index in [4.69, 9.17) is 14.2 Å². The van der Waals surface area contributed by atoms with Crippen molar-refractivity contribution in [3.8, 4) is 0 Å². The number of halogens is 1. The third-order valence-corrected chi connectivity index (χ3v) is 4.05. The van der Waals surface area contributed by atoms with Crippen LogP contribution in [0.5, 0.6) is 0 Å². The number of ether oxygens (including phenoxy) is 3. The van der Waals surface area contributed by atoms with Crippen LogP contribution in [0, 0.1) is 0 Å². The third kappa shape index (κ3) is 9.67. The van der Waals surface area contributed by atoms with Crippen molar-refractivity contribution in [2.75, 3.05) is 40.4 Å². The molecule has 2 saturated heterocycles. The normalized spacial score (nSPS) is 19.8. The average Bonchev–Trinajstić information content (AvgIpc) is 2.54. The van der Waals surface area contributed by atoms with E-state index in [0.29, 0.717) is 12.2 Å². The zero-order valence-electron chi connectivity index (χ0n) is 15.8. The Morgan fingerprint density at radius 3 is 1.79 bits per heavy atom. The molecule has 0 aromatic heterocycles.